The highest BCUT2D eigenvalue weighted by molar-refractivity contribution is 5.99. The Kier molecular flexibility index (Phi) is 7.19. The maximum absolute atomic E-state index is 12.4. The molecule has 0 aliphatic heterocycles. The number of hydrogen-bond acceptors (Lipinski definition) is 4. The van der Waals surface area contributed by atoms with E-state index < -0.39 is 0 Å². The van der Waals surface area contributed by atoms with Gasteiger partial charge in [-0.1, -0.05) is 42.5 Å². The summed E-state index contributed by atoms with van der Waals surface area (Å²) in [6.07, 6.45) is 0.749. The number of carbonyl (C=O) groups is 2. The highest BCUT2D eigenvalue weighted by Crippen LogP contribution is 2.22. The molecule has 0 saturated carbocycles. The summed E-state index contributed by atoms with van der Waals surface area (Å²) in [5, 5.41) is 11.0. The first-order chi connectivity index (χ1) is 14.2. The number of hydrogen-bond donors (Lipinski definition) is 3. The minimum absolute atomic E-state index is 0.126. The minimum atomic E-state index is -0.185. The number of rotatable bonds is 9. The third kappa shape index (κ3) is 5.80. The summed E-state index contributed by atoms with van der Waals surface area (Å²) in [5.41, 5.74) is 1.99. The van der Waals surface area contributed by atoms with Crippen LogP contribution >= 0.6 is 0 Å². The quantitative estimate of drug-likeness (QED) is 0.487. The SMILES string of the molecule is COCCCNC(=O)c1cccc(NC(=O)CNc2cccc3ccccc23)c1. The van der Waals surface area contributed by atoms with Crippen molar-refractivity contribution >= 4 is 34.0 Å². The number of ether oxygens (including phenoxy) is 1. The fourth-order valence-corrected chi connectivity index (χ4v) is 3.02. The second-order valence-electron chi connectivity index (χ2n) is 6.61. The zero-order valence-electron chi connectivity index (χ0n) is 16.4. The molecule has 0 fully saturated rings. The van der Waals surface area contributed by atoms with Crippen LogP contribution in [-0.2, 0) is 9.53 Å². The van der Waals surface area contributed by atoms with Crippen LogP contribution in [0.2, 0.25) is 0 Å². The molecule has 0 atom stereocenters. The Morgan fingerprint density at radius 2 is 1.76 bits per heavy atom. The van der Waals surface area contributed by atoms with Gasteiger partial charge in [-0.2, -0.15) is 0 Å². The highest BCUT2D eigenvalue weighted by atomic mass is 16.5. The van der Waals surface area contributed by atoms with Crippen molar-refractivity contribution in [1.82, 2.24) is 5.32 Å². The van der Waals surface area contributed by atoms with Crippen LogP contribution in [0.25, 0.3) is 10.8 Å². The van der Waals surface area contributed by atoms with Crippen LogP contribution < -0.4 is 16.0 Å². The Bertz CT molecular complexity index is 983. The molecule has 3 aromatic carbocycles. The summed E-state index contributed by atoms with van der Waals surface area (Å²) in [5.74, 6) is -0.360. The molecule has 150 valence electrons. The molecular formula is C23H25N3O3. The van der Waals surface area contributed by atoms with Gasteiger partial charge < -0.3 is 20.7 Å². The normalized spacial score (nSPS) is 10.5. The van der Waals surface area contributed by atoms with Crippen molar-refractivity contribution in [2.75, 3.05) is 37.4 Å². The van der Waals surface area contributed by atoms with Gasteiger partial charge >= 0.3 is 0 Å². The molecule has 0 spiro atoms. The van der Waals surface area contributed by atoms with Gasteiger partial charge in [0, 0.05) is 42.6 Å². The third-order valence-corrected chi connectivity index (χ3v) is 4.45. The van der Waals surface area contributed by atoms with Crippen LogP contribution in [0.1, 0.15) is 16.8 Å². The smallest absolute Gasteiger partial charge is 0.251 e. The largest absolute Gasteiger partial charge is 0.385 e. The van der Waals surface area contributed by atoms with Crippen LogP contribution in [0, 0.1) is 0 Å². The summed E-state index contributed by atoms with van der Waals surface area (Å²) < 4.78 is 4.97. The summed E-state index contributed by atoms with van der Waals surface area (Å²) >= 11 is 0. The first-order valence-corrected chi connectivity index (χ1v) is 9.56. The lowest BCUT2D eigenvalue weighted by molar-refractivity contribution is -0.114. The van der Waals surface area contributed by atoms with E-state index in [0.29, 0.717) is 24.4 Å². The van der Waals surface area contributed by atoms with Crippen molar-refractivity contribution in [3.63, 3.8) is 0 Å². The number of anilines is 2. The van der Waals surface area contributed by atoms with E-state index in [-0.39, 0.29) is 18.4 Å². The fraction of sp³-hybridized carbons (Fsp3) is 0.217. The zero-order valence-corrected chi connectivity index (χ0v) is 16.4. The van der Waals surface area contributed by atoms with E-state index in [9.17, 15) is 9.59 Å². The lowest BCUT2D eigenvalue weighted by Gasteiger charge is -2.11. The van der Waals surface area contributed by atoms with E-state index in [1.54, 1.807) is 31.4 Å². The molecule has 0 aliphatic rings. The van der Waals surface area contributed by atoms with Gasteiger partial charge in [0.05, 0.1) is 6.54 Å². The predicted molar refractivity (Wildman–Crippen MR) is 116 cm³/mol. The Labute approximate surface area is 170 Å². The molecule has 6 nitrogen and oxygen atoms in total. The molecule has 2 amide bonds. The molecule has 0 bridgehead atoms. The molecule has 0 unspecified atom stereocenters. The molecule has 29 heavy (non-hydrogen) atoms. The molecular weight excluding hydrogens is 366 g/mol. The van der Waals surface area contributed by atoms with Crippen molar-refractivity contribution in [3.8, 4) is 0 Å². The van der Waals surface area contributed by atoms with Crippen molar-refractivity contribution < 1.29 is 14.3 Å². The second kappa shape index (κ2) is 10.2. The summed E-state index contributed by atoms with van der Waals surface area (Å²) in [6.45, 7) is 1.26. The Hall–Kier alpha value is -3.38. The van der Waals surface area contributed by atoms with E-state index in [0.717, 1.165) is 22.9 Å². The first-order valence-electron chi connectivity index (χ1n) is 9.56. The molecule has 6 heteroatoms. The van der Waals surface area contributed by atoms with Gasteiger partial charge in [-0.05, 0) is 36.1 Å². The molecule has 3 rings (SSSR count). The molecule has 0 aliphatic carbocycles. The molecule has 0 aromatic heterocycles. The average Bonchev–Trinajstić information content (AvgIpc) is 2.75. The van der Waals surface area contributed by atoms with Gasteiger partial charge in [-0.15, -0.1) is 0 Å². The van der Waals surface area contributed by atoms with Gasteiger partial charge in [0.1, 0.15) is 0 Å². The van der Waals surface area contributed by atoms with Gasteiger partial charge in [-0.25, -0.2) is 0 Å². The van der Waals surface area contributed by atoms with E-state index >= 15 is 0 Å². The lowest BCUT2D eigenvalue weighted by Crippen LogP contribution is -2.25. The topological polar surface area (TPSA) is 79.5 Å². The number of amides is 2. The number of methoxy groups -OCH3 is 1. The predicted octanol–water partition coefficient (Wildman–Crippen LogP) is 3.66. The van der Waals surface area contributed by atoms with Gasteiger partial charge in [0.2, 0.25) is 5.91 Å². The average molecular weight is 391 g/mol. The van der Waals surface area contributed by atoms with Gasteiger partial charge in [0.25, 0.3) is 5.91 Å². The van der Waals surface area contributed by atoms with Crippen molar-refractivity contribution in [3.05, 3.63) is 72.3 Å². The molecule has 3 aromatic rings. The van der Waals surface area contributed by atoms with Gasteiger partial charge in [0.15, 0.2) is 0 Å². The number of fused-ring (bicyclic) bond motifs is 1. The minimum Gasteiger partial charge on any atom is -0.385 e. The fourth-order valence-electron chi connectivity index (χ4n) is 3.02. The van der Waals surface area contributed by atoms with Crippen molar-refractivity contribution in [1.29, 1.82) is 0 Å². The second-order valence-corrected chi connectivity index (χ2v) is 6.61. The summed E-state index contributed by atoms with van der Waals surface area (Å²) in [4.78, 5) is 24.6. The van der Waals surface area contributed by atoms with Gasteiger partial charge in [-0.3, -0.25) is 9.59 Å². The Morgan fingerprint density at radius 1 is 0.966 bits per heavy atom. The lowest BCUT2D eigenvalue weighted by atomic mass is 10.1. The van der Waals surface area contributed by atoms with E-state index in [4.69, 9.17) is 4.74 Å². The third-order valence-electron chi connectivity index (χ3n) is 4.45. The van der Waals surface area contributed by atoms with Crippen molar-refractivity contribution in [2.24, 2.45) is 0 Å². The highest BCUT2D eigenvalue weighted by Gasteiger charge is 2.08. The van der Waals surface area contributed by atoms with Crippen LogP contribution in [-0.4, -0.2) is 38.6 Å². The van der Waals surface area contributed by atoms with Crippen LogP contribution in [0.4, 0.5) is 11.4 Å². The van der Waals surface area contributed by atoms with Crippen LogP contribution in [0.3, 0.4) is 0 Å². The van der Waals surface area contributed by atoms with Crippen LogP contribution in [0.15, 0.2) is 66.7 Å². The standard InChI is InChI=1S/C23H25N3O3/c1-29-14-6-13-24-23(28)18-9-4-10-19(15-18)26-22(27)16-25-21-12-5-8-17-7-2-3-11-20(17)21/h2-5,7-12,15,25H,6,13-14,16H2,1H3,(H,24,28)(H,26,27). The maximum atomic E-state index is 12.4. The van der Waals surface area contributed by atoms with E-state index in [1.807, 2.05) is 42.5 Å². The Balaban J connectivity index is 1.56. The first kappa shape index (κ1) is 20.4. The Morgan fingerprint density at radius 3 is 2.62 bits per heavy atom. The number of benzene rings is 3. The molecule has 0 heterocycles. The van der Waals surface area contributed by atoms with Crippen LogP contribution in [0.5, 0.6) is 0 Å². The molecule has 0 radical (unpaired) electrons. The zero-order chi connectivity index (χ0) is 20.5. The van der Waals surface area contributed by atoms with Crippen molar-refractivity contribution in [2.45, 2.75) is 6.42 Å². The van der Waals surface area contributed by atoms with E-state index in [2.05, 4.69) is 16.0 Å². The molecule has 0 saturated heterocycles. The van der Waals surface area contributed by atoms with E-state index in [1.165, 1.54) is 0 Å². The number of carbonyl (C=O) groups excluding carboxylic acids is 2. The summed E-state index contributed by atoms with van der Waals surface area (Å²) in [7, 11) is 1.63. The summed E-state index contributed by atoms with van der Waals surface area (Å²) in [6, 6.07) is 20.8. The monoisotopic (exact) mass is 391 g/mol. The molecule has 3 N–H and O–H groups in total. The maximum Gasteiger partial charge on any atom is 0.251 e. The number of nitrogens with one attached hydrogen (secondary N) is 3.